The van der Waals surface area contributed by atoms with E-state index in [1.807, 2.05) is 6.07 Å². The monoisotopic (exact) mass is 306 g/mol. The number of aliphatic hydroxyl groups excluding tert-OH is 1. The summed E-state index contributed by atoms with van der Waals surface area (Å²) < 4.78 is 5.32. The van der Waals surface area contributed by atoms with Crippen LogP contribution < -0.4 is 5.32 Å². The molecule has 0 atom stereocenters. The van der Waals surface area contributed by atoms with E-state index in [-0.39, 0.29) is 23.6 Å². The molecule has 1 fully saturated rings. The van der Waals surface area contributed by atoms with Gasteiger partial charge in [0.2, 0.25) is 0 Å². The molecule has 1 aromatic carbocycles. The minimum atomic E-state index is -0.321. The van der Waals surface area contributed by atoms with E-state index < -0.39 is 0 Å². The van der Waals surface area contributed by atoms with E-state index in [0.29, 0.717) is 22.9 Å². The van der Waals surface area contributed by atoms with Crippen LogP contribution in [0.25, 0.3) is 11.3 Å². The fourth-order valence-electron chi connectivity index (χ4n) is 2.16. The Bertz CT molecular complexity index is 664. The quantitative estimate of drug-likeness (QED) is 0.890. The number of nitrogens with zero attached hydrogens (tertiary/aromatic N) is 1. The molecule has 5 nitrogen and oxygen atoms in total. The molecule has 110 valence electrons. The molecule has 0 radical (unpaired) electrons. The summed E-state index contributed by atoms with van der Waals surface area (Å²) in [5, 5.41) is 12.6. The SMILES string of the molecule is O=C(NCC1(CO)CC1)c1ncoc1-c1ccccc1Cl. The standard InChI is InChI=1S/C15H15ClN2O3/c16-11-4-2-1-3-10(11)13-12(18-9-21-13)14(20)17-7-15(8-19)5-6-15/h1-4,9,19H,5-8H2,(H,17,20). The lowest BCUT2D eigenvalue weighted by Crippen LogP contribution is -2.32. The van der Waals surface area contributed by atoms with E-state index in [1.54, 1.807) is 18.2 Å². The van der Waals surface area contributed by atoms with Gasteiger partial charge in [-0.15, -0.1) is 0 Å². The zero-order valence-electron chi connectivity index (χ0n) is 11.3. The maximum atomic E-state index is 12.2. The first-order valence-corrected chi connectivity index (χ1v) is 7.10. The predicted octanol–water partition coefficient (Wildman–Crippen LogP) is 2.50. The number of aliphatic hydroxyl groups is 1. The Morgan fingerprint density at radius 2 is 2.19 bits per heavy atom. The summed E-state index contributed by atoms with van der Waals surface area (Å²) in [5.74, 6) is 0.0327. The highest BCUT2D eigenvalue weighted by Crippen LogP contribution is 2.44. The Hall–Kier alpha value is -1.85. The zero-order chi connectivity index (χ0) is 14.9. The number of halogens is 1. The van der Waals surface area contributed by atoms with E-state index in [0.717, 1.165) is 12.8 Å². The topological polar surface area (TPSA) is 75.4 Å². The van der Waals surface area contributed by atoms with Gasteiger partial charge in [-0.25, -0.2) is 4.98 Å². The summed E-state index contributed by atoms with van der Waals surface area (Å²) >= 11 is 6.12. The second-order valence-electron chi connectivity index (χ2n) is 5.35. The van der Waals surface area contributed by atoms with Crippen LogP contribution in [-0.2, 0) is 0 Å². The van der Waals surface area contributed by atoms with Crippen molar-refractivity contribution in [1.82, 2.24) is 10.3 Å². The molecule has 6 heteroatoms. The van der Waals surface area contributed by atoms with Crippen molar-refractivity contribution in [3.05, 3.63) is 41.4 Å². The third-order valence-corrected chi connectivity index (χ3v) is 4.15. The smallest absolute Gasteiger partial charge is 0.273 e. The second-order valence-corrected chi connectivity index (χ2v) is 5.76. The van der Waals surface area contributed by atoms with E-state index in [9.17, 15) is 9.90 Å². The normalized spacial score (nSPS) is 15.7. The lowest BCUT2D eigenvalue weighted by atomic mass is 10.1. The maximum Gasteiger partial charge on any atom is 0.273 e. The molecule has 0 bridgehead atoms. The van der Waals surface area contributed by atoms with Gasteiger partial charge in [-0.3, -0.25) is 4.79 Å². The summed E-state index contributed by atoms with van der Waals surface area (Å²) in [7, 11) is 0. The largest absolute Gasteiger partial charge is 0.443 e. The number of nitrogens with one attached hydrogen (secondary N) is 1. The first-order chi connectivity index (χ1) is 10.2. The number of oxazole rings is 1. The second kappa shape index (κ2) is 5.50. The Kier molecular flexibility index (Phi) is 3.69. The Morgan fingerprint density at radius 1 is 1.43 bits per heavy atom. The number of aromatic nitrogens is 1. The summed E-state index contributed by atoms with van der Waals surface area (Å²) in [6, 6.07) is 7.12. The lowest BCUT2D eigenvalue weighted by molar-refractivity contribution is 0.0931. The van der Waals surface area contributed by atoms with Gasteiger partial charge in [-0.05, 0) is 25.0 Å². The molecule has 0 saturated heterocycles. The molecule has 1 amide bonds. The van der Waals surface area contributed by atoms with Crippen molar-refractivity contribution in [3.8, 4) is 11.3 Å². The number of hydrogen-bond acceptors (Lipinski definition) is 4. The van der Waals surface area contributed by atoms with E-state index in [2.05, 4.69) is 10.3 Å². The number of benzene rings is 1. The highest BCUT2D eigenvalue weighted by Gasteiger charge is 2.42. The summed E-state index contributed by atoms with van der Waals surface area (Å²) in [6.45, 7) is 0.528. The number of amides is 1. The van der Waals surface area contributed by atoms with Crippen molar-refractivity contribution < 1.29 is 14.3 Å². The number of rotatable bonds is 5. The fraction of sp³-hybridized carbons (Fsp3) is 0.333. The van der Waals surface area contributed by atoms with Gasteiger partial charge in [0.15, 0.2) is 17.8 Å². The van der Waals surface area contributed by atoms with Gasteiger partial charge in [-0.2, -0.15) is 0 Å². The molecule has 2 aromatic rings. The van der Waals surface area contributed by atoms with E-state index >= 15 is 0 Å². The summed E-state index contributed by atoms with van der Waals surface area (Å²) in [4.78, 5) is 16.2. The highest BCUT2D eigenvalue weighted by molar-refractivity contribution is 6.33. The van der Waals surface area contributed by atoms with Crippen LogP contribution in [0.3, 0.4) is 0 Å². The van der Waals surface area contributed by atoms with Crippen molar-refractivity contribution in [3.63, 3.8) is 0 Å². The van der Waals surface area contributed by atoms with Crippen molar-refractivity contribution >= 4 is 17.5 Å². The molecular formula is C15H15ClN2O3. The van der Waals surface area contributed by atoms with Gasteiger partial charge in [-0.1, -0.05) is 23.7 Å². The molecule has 3 rings (SSSR count). The maximum absolute atomic E-state index is 12.2. The first-order valence-electron chi connectivity index (χ1n) is 6.73. The molecular weight excluding hydrogens is 292 g/mol. The third kappa shape index (κ3) is 2.80. The van der Waals surface area contributed by atoms with Crippen molar-refractivity contribution in [2.24, 2.45) is 5.41 Å². The van der Waals surface area contributed by atoms with Gasteiger partial charge < -0.3 is 14.8 Å². The number of hydrogen-bond donors (Lipinski definition) is 2. The minimum absolute atomic E-state index is 0.0868. The molecule has 1 aliphatic rings. The van der Waals surface area contributed by atoms with Crippen LogP contribution in [0.4, 0.5) is 0 Å². The highest BCUT2D eigenvalue weighted by atomic mass is 35.5. The van der Waals surface area contributed by atoms with Gasteiger partial charge in [0.1, 0.15) is 0 Å². The molecule has 2 N–H and O–H groups in total. The Labute approximate surface area is 126 Å². The molecule has 0 spiro atoms. The average Bonchev–Trinajstić information content (AvgIpc) is 3.13. The molecule has 1 heterocycles. The Balaban J connectivity index is 1.79. The first kappa shape index (κ1) is 14.1. The molecule has 1 aliphatic carbocycles. The number of carbonyl (C=O) groups excluding carboxylic acids is 1. The van der Waals surface area contributed by atoms with E-state index in [4.69, 9.17) is 16.0 Å². The average molecular weight is 307 g/mol. The van der Waals surface area contributed by atoms with Crippen LogP contribution >= 0.6 is 11.6 Å². The lowest BCUT2D eigenvalue weighted by Gasteiger charge is -2.12. The minimum Gasteiger partial charge on any atom is -0.443 e. The van der Waals surface area contributed by atoms with Crippen molar-refractivity contribution in [2.75, 3.05) is 13.2 Å². The van der Waals surface area contributed by atoms with Gasteiger partial charge in [0.05, 0.1) is 11.6 Å². The molecule has 0 aliphatic heterocycles. The summed E-state index contributed by atoms with van der Waals surface area (Å²) in [6.07, 6.45) is 3.09. The molecule has 1 aromatic heterocycles. The van der Waals surface area contributed by atoms with Crippen LogP contribution in [0.2, 0.25) is 5.02 Å². The summed E-state index contributed by atoms with van der Waals surface area (Å²) in [5.41, 5.74) is 0.686. The van der Waals surface area contributed by atoms with Gasteiger partial charge in [0.25, 0.3) is 5.91 Å². The fourth-order valence-corrected chi connectivity index (χ4v) is 2.38. The van der Waals surface area contributed by atoms with Crippen LogP contribution in [0, 0.1) is 5.41 Å². The molecule has 1 saturated carbocycles. The van der Waals surface area contributed by atoms with Crippen molar-refractivity contribution in [1.29, 1.82) is 0 Å². The van der Waals surface area contributed by atoms with Crippen LogP contribution in [0.5, 0.6) is 0 Å². The number of carbonyl (C=O) groups is 1. The zero-order valence-corrected chi connectivity index (χ0v) is 12.1. The van der Waals surface area contributed by atoms with E-state index in [1.165, 1.54) is 6.39 Å². The van der Waals surface area contributed by atoms with Crippen LogP contribution in [-0.4, -0.2) is 29.1 Å². The van der Waals surface area contributed by atoms with Gasteiger partial charge >= 0.3 is 0 Å². The molecule has 0 unspecified atom stereocenters. The molecule has 21 heavy (non-hydrogen) atoms. The van der Waals surface area contributed by atoms with Crippen molar-refractivity contribution in [2.45, 2.75) is 12.8 Å². The van der Waals surface area contributed by atoms with Crippen LogP contribution in [0.15, 0.2) is 35.1 Å². The Morgan fingerprint density at radius 3 is 2.86 bits per heavy atom. The van der Waals surface area contributed by atoms with Gasteiger partial charge in [0, 0.05) is 17.5 Å². The van der Waals surface area contributed by atoms with Crippen LogP contribution in [0.1, 0.15) is 23.3 Å². The predicted molar refractivity (Wildman–Crippen MR) is 78.0 cm³/mol. The third-order valence-electron chi connectivity index (χ3n) is 3.82.